The Balaban J connectivity index is 1.86. The Morgan fingerprint density at radius 2 is 2.08 bits per heavy atom. The molecule has 1 aliphatic carbocycles. The lowest BCUT2D eigenvalue weighted by Gasteiger charge is -2.35. The third-order valence-electron chi connectivity index (χ3n) is 4.86. The minimum Gasteiger partial charge on any atom is -0.492 e. The van der Waals surface area contributed by atoms with Crippen LogP contribution in [-0.2, 0) is 9.53 Å². The first-order valence-electron chi connectivity index (χ1n) is 8.41. The molecule has 1 saturated carbocycles. The number of primary amides is 1. The Bertz CT molecular complexity index is 629. The van der Waals surface area contributed by atoms with Crippen LogP contribution in [-0.4, -0.2) is 49.1 Å². The van der Waals surface area contributed by atoms with Crippen molar-refractivity contribution in [3.63, 3.8) is 0 Å². The van der Waals surface area contributed by atoms with Gasteiger partial charge in [0, 0.05) is 13.7 Å². The van der Waals surface area contributed by atoms with Crippen molar-refractivity contribution in [2.45, 2.75) is 31.2 Å². The van der Waals surface area contributed by atoms with E-state index in [-0.39, 0.29) is 12.5 Å². The van der Waals surface area contributed by atoms with Crippen LogP contribution in [0.5, 0.6) is 5.75 Å². The average molecular weight is 332 g/mol. The number of rotatable bonds is 7. The zero-order valence-electron chi connectivity index (χ0n) is 14.0. The Hall–Kier alpha value is -2.08. The van der Waals surface area contributed by atoms with E-state index in [1.54, 1.807) is 23.1 Å². The average Bonchev–Trinajstić information content (AvgIpc) is 3.31. The molecule has 1 atom stereocenters. The van der Waals surface area contributed by atoms with Gasteiger partial charge in [-0.1, -0.05) is 12.1 Å². The molecule has 3 rings (SSSR count). The third-order valence-corrected chi connectivity index (χ3v) is 4.86. The second-order valence-electron chi connectivity index (χ2n) is 6.64. The molecule has 6 heteroatoms. The van der Waals surface area contributed by atoms with E-state index in [1.165, 1.54) is 20.0 Å². The molecule has 2 amide bonds. The van der Waals surface area contributed by atoms with Crippen molar-refractivity contribution >= 4 is 11.8 Å². The number of benzene rings is 1. The molecular formula is C18H24N2O4. The second kappa shape index (κ2) is 6.81. The summed E-state index contributed by atoms with van der Waals surface area (Å²) in [5.74, 6) is 0.413. The first-order valence-corrected chi connectivity index (χ1v) is 8.41. The van der Waals surface area contributed by atoms with Crippen molar-refractivity contribution in [2.75, 3.05) is 26.9 Å². The van der Waals surface area contributed by atoms with Crippen molar-refractivity contribution in [3.05, 3.63) is 29.8 Å². The zero-order chi connectivity index (χ0) is 17.2. The maximum absolute atomic E-state index is 13.1. The highest BCUT2D eigenvalue weighted by Crippen LogP contribution is 2.34. The van der Waals surface area contributed by atoms with Gasteiger partial charge in [0.25, 0.3) is 5.91 Å². The number of ether oxygens (including phenoxy) is 2. The Morgan fingerprint density at radius 3 is 2.75 bits per heavy atom. The maximum Gasteiger partial charge on any atom is 0.258 e. The highest BCUT2D eigenvalue weighted by Gasteiger charge is 2.49. The predicted octanol–water partition coefficient (Wildman–Crippen LogP) is 1.58. The summed E-state index contributed by atoms with van der Waals surface area (Å²) in [4.78, 5) is 26.7. The van der Waals surface area contributed by atoms with Gasteiger partial charge in [0.1, 0.15) is 11.3 Å². The third kappa shape index (κ3) is 3.11. The predicted molar refractivity (Wildman–Crippen MR) is 88.7 cm³/mol. The number of carbonyl (C=O) groups is 2. The molecule has 1 unspecified atom stereocenters. The summed E-state index contributed by atoms with van der Waals surface area (Å²) in [5, 5.41) is 0. The molecule has 1 saturated heterocycles. The molecule has 6 nitrogen and oxygen atoms in total. The van der Waals surface area contributed by atoms with E-state index >= 15 is 0 Å². The number of carbonyl (C=O) groups excluding carboxylic acids is 2. The highest BCUT2D eigenvalue weighted by molar-refractivity contribution is 6.01. The molecule has 0 bridgehead atoms. The number of nitrogens with zero attached hydrogens (tertiary/aromatic N) is 1. The minimum atomic E-state index is -1.07. The lowest BCUT2D eigenvalue weighted by molar-refractivity contribution is -0.130. The van der Waals surface area contributed by atoms with Crippen LogP contribution >= 0.6 is 0 Å². The lowest BCUT2D eigenvalue weighted by Crippen LogP contribution is -2.58. The normalized spacial score (nSPS) is 23.3. The summed E-state index contributed by atoms with van der Waals surface area (Å²) < 4.78 is 11.0. The van der Waals surface area contributed by atoms with Gasteiger partial charge in [-0.2, -0.15) is 0 Å². The molecule has 2 fully saturated rings. The van der Waals surface area contributed by atoms with Crippen molar-refractivity contribution in [1.82, 2.24) is 4.90 Å². The van der Waals surface area contributed by atoms with Gasteiger partial charge in [-0.15, -0.1) is 0 Å². The SMILES string of the molecule is COCC1(C(N)=O)CCCN1C(=O)c1ccccc1OCC1CC1. The smallest absolute Gasteiger partial charge is 0.258 e. The first kappa shape index (κ1) is 16.8. The van der Waals surface area contributed by atoms with Crippen LogP contribution in [0.2, 0.25) is 0 Å². The number of para-hydroxylation sites is 1. The van der Waals surface area contributed by atoms with Crippen molar-refractivity contribution in [1.29, 1.82) is 0 Å². The molecule has 0 aromatic heterocycles. The first-order chi connectivity index (χ1) is 11.6. The number of hydrogen-bond donors (Lipinski definition) is 1. The number of hydrogen-bond acceptors (Lipinski definition) is 4. The molecule has 0 spiro atoms. The molecule has 1 aliphatic heterocycles. The Labute approximate surface area is 141 Å². The van der Waals surface area contributed by atoms with Crippen LogP contribution in [0.4, 0.5) is 0 Å². The molecule has 2 aliphatic rings. The summed E-state index contributed by atoms with van der Waals surface area (Å²) >= 11 is 0. The van der Waals surface area contributed by atoms with Crippen LogP contribution in [0.1, 0.15) is 36.0 Å². The van der Waals surface area contributed by atoms with Gasteiger partial charge in [0.05, 0.1) is 18.8 Å². The number of amides is 2. The van der Waals surface area contributed by atoms with Gasteiger partial charge in [0.2, 0.25) is 5.91 Å². The van der Waals surface area contributed by atoms with Gasteiger partial charge in [-0.3, -0.25) is 9.59 Å². The molecule has 24 heavy (non-hydrogen) atoms. The fraction of sp³-hybridized carbons (Fsp3) is 0.556. The van der Waals surface area contributed by atoms with Crippen LogP contribution < -0.4 is 10.5 Å². The van der Waals surface area contributed by atoms with E-state index in [9.17, 15) is 9.59 Å². The van der Waals surface area contributed by atoms with Gasteiger partial charge >= 0.3 is 0 Å². The number of methoxy groups -OCH3 is 1. The van der Waals surface area contributed by atoms with Crippen molar-refractivity contribution in [3.8, 4) is 5.75 Å². The molecule has 1 heterocycles. The van der Waals surface area contributed by atoms with Crippen LogP contribution in [0.15, 0.2) is 24.3 Å². The fourth-order valence-corrected chi connectivity index (χ4v) is 3.30. The number of nitrogens with two attached hydrogens (primary N) is 1. The van der Waals surface area contributed by atoms with Crippen molar-refractivity contribution < 1.29 is 19.1 Å². The largest absolute Gasteiger partial charge is 0.492 e. The summed E-state index contributed by atoms with van der Waals surface area (Å²) in [7, 11) is 1.51. The number of likely N-dealkylation sites (tertiary alicyclic amines) is 1. The topological polar surface area (TPSA) is 81.9 Å². The fourth-order valence-electron chi connectivity index (χ4n) is 3.30. The summed E-state index contributed by atoms with van der Waals surface area (Å²) in [6, 6.07) is 7.18. The van der Waals surface area contributed by atoms with Gasteiger partial charge in [-0.25, -0.2) is 0 Å². The molecule has 130 valence electrons. The van der Waals surface area contributed by atoms with E-state index in [0.29, 0.717) is 36.8 Å². The van der Waals surface area contributed by atoms with Crippen LogP contribution in [0, 0.1) is 5.92 Å². The summed E-state index contributed by atoms with van der Waals surface area (Å²) in [6.07, 6.45) is 3.61. The molecule has 2 N–H and O–H groups in total. The van der Waals surface area contributed by atoms with E-state index in [0.717, 1.165) is 6.42 Å². The van der Waals surface area contributed by atoms with Gasteiger partial charge < -0.3 is 20.1 Å². The van der Waals surface area contributed by atoms with E-state index in [2.05, 4.69) is 0 Å². The van der Waals surface area contributed by atoms with Crippen LogP contribution in [0.25, 0.3) is 0 Å². The van der Waals surface area contributed by atoms with E-state index in [1.807, 2.05) is 6.07 Å². The molecule has 1 aromatic carbocycles. The Kier molecular flexibility index (Phi) is 4.76. The van der Waals surface area contributed by atoms with Crippen LogP contribution in [0.3, 0.4) is 0 Å². The minimum absolute atomic E-state index is 0.110. The molecule has 1 aromatic rings. The quantitative estimate of drug-likeness (QED) is 0.822. The van der Waals surface area contributed by atoms with E-state index in [4.69, 9.17) is 15.2 Å². The molecular weight excluding hydrogens is 308 g/mol. The highest BCUT2D eigenvalue weighted by atomic mass is 16.5. The Morgan fingerprint density at radius 1 is 1.33 bits per heavy atom. The zero-order valence-corrected chi connectivity index (χ0v) is 14.0. The molecule has 0 radical (unpaired) electrons. The van der Waals surface area contributed by atoms with Gasteiger partial charge in [0.15, 0.2) is 0 Å². The van der Waals surface area contributed by atoms with Gasteiger partial charge in [-0.05, 0) is 43.7 Å². The monoisotopic (exact) mass is 332 g/mol. The summed E-state index contributed by atoms with van der Waals surface area (Å²) in [5.41, 5.74) is 5.03. The second-order valence-corrected chi connectivity index (χ2v) is 6.64. The summed E-state index contributed by atoms with van der Waals surface area (Å²) in [6.45, 7) is 1.23. The lowest BCUT2D eigenvalue weighted by atomic mass is 9.95. The van der Waals surface area contributed by atoms with Crippen molar-refractivity contribution in [2.24, 2.45) is 11.7 Å². The maximum atomic E-state index is 13.1. The van der Waals surface area contributed by atoms with E-state index < -0.39 is 11.4 Å². The standard InChI is InChI=1S/C18H24N2O4/c1-23-12-18(17(19)22)9-4-10-20(18)16(21)14-5-2-3-6-15(14)24-11-13-7-8-13/h2-3,5-6,13H,4,7-12H2,1H3,(H2,19,22).